The number of aromatic nitrogens is 1. The maximum absolute atomic E-state index is 12.0. The van der Waals surface area contributed by atoms with Gasteiger partial charge in [-0.2, -0.15) is 4.57 Å². The molecule has 204 valence electrons. The SMILES string of the molecule is CCCCCCCCCCCCCCCCCCNC(=O)OC(CC)OCCCC[n+]1ccsc1. The molecule has 1 unspecified atom stereocenters. The lowest BCUT2D eigenvalue weighted by atomic mass is 10.0. The molecule has 1 aromatic heterocycles. The van der Waals surface area contributed by atoms with E-state index in [2.05, 4.69) is 33.9 Å². The molecule has 0 radical (unpaired) electrons. The van der Waals surface area contributed by atoms with Crippen LogP contribution >= 0.6 is 11.3 Å². The minimum atomic E-state index is -0.449. The molecule has 0 bridgehead atoms. The van der Waals surface area contributed by atoms with E-state index in [9.17, 15) is 4.79 Å². The number of unbranched alkanes of at least 4 members (excludes halogenated alkanes) is 16. The van der Waals surface area contributed by atoms with E-state index < -0.39 is 6.29 Å². The summed E-state index contributed by atoms with van der Waals surface area (Å²) in [6, 6.07) is 0. The second-order valence-electron chi connectivity index (χ2n) is 9.82. The minimum absolute atomic E-state index is 0.355. The Morgan fingerprint density at radius 1 is 0.800 bits per heavy atom. The molecule has 0 spiro atoms. The Kier molecular flexibility index (Phi) is 22.4. The van der Waals surface area contributed by atoms with Crippen LogP contribution in [0, 0.1) is 0 Å². The summed E-state index contributed by atoms with van der Waals surface area (Å²) in [5.74, 6) is 0. The molecule has 35 heavy (non-hydrogen) atoms. The molecule has 0 saturated carbocycles. The normalized spacial score (nSPS) is 12.1. The Balaban J connectivity index is 1.81. The van der Waals surface area contributed by atoms with Crippen molar-refractivity contribution >= 4 is 17.4 Å². The quantitative estimate of drug-likeness (QED) is 0.0812. The van der Waals surface area contributed by atoms with Crippen LogP contribution in [0.4, 0.5) is 4.79 Å². The number of carbonyl (C=O) groups is 1. The van der Waals surface area contributed by atoms with Gasteiger partial charge < -0.3 is 14.8 Å². The first-order valence-corrected chi connectivity index (χ1v) is 15.7. The summed E-state index contributed by atoms with van der Waals surface area (Å²) in [4.78, 5) is 12.0. The van der Waals surface area contributed by atoms with Crippen molar-refractivity contribution in [3.05, 3.63) is 17.1 Å². The first-order chi connectivity index (χ1) is 17.3. The van der Waals surface area contributed by atoms with E-state index in [1.54, 1.807) is 11.3 Å². The summed E-state index contributed by atoms with van der Waals surface area (Å²) >= 11 is 1.70. The van der Waals surface area contributed by atoms with Crippen LogP contribution in [0.25, 0.3) is 0 Å². The van der Waals surface area contributed by atoms with Crippen molar-refractivity contribution in [3.63, 3.8) is 0 Å². The number of amides is 1. The summed E-state index contributed by atoms with van der Waals surface area (Å²) in [7, 11) is 0. The first-order valence-electron chi connectivity index (χ1n) is 14.7. The molecule has 5 nitrogen and oxygen atoms in total. The summed E-state index contributed by atoms with van der Waals surface area (Å²) in [5, 5.41) is 4.95. The van der Waals surface area contributed by atoms with Crippen molar-refractivity contribution in [3.8, 4) is 0 Å². The summed E-state index contributed by atoms with van der Waals surface area (Å²) < 4.78 is 13.3. The van der Waals surface area contributed by atoms with Crippen molar-refractivity contribution in [1.82, 2.24) is 5.32 Å². The number of nitrogens with zero attached hydrogens (tertiary/aromatic N) is 1. The van der Waals surface area contributed by atoms with Crippen LogP contribution in [0.15, 0.2) is 17.1 Å². The molecule has 0 fully saturated rings. The molecule has 1 aromatic rings. The van der Waals surface area contributed by atoms with E-state index in [4.69, 9.17) is 9.47 Å². The fraction of sp³-hybridized carbons (Fsp3) is 0.862. The second-order valence-corrected chi connectivity index (χ2v) is 10.6. The molecule has 0 saturated heterocycles. The summed E-state index contributed by atoms with van der Waals surface area (Å²) in [6.45, 7) is 6.57. The van der Waals surface area contributed by atoms with Crippen molar-refractivity contribution in [2.24, 2.45) is 0 Å². The van der Waals surface area contributed by atoms with Crippen LogP contribution in [-0.2, 0) is 16.0 Å². The van der Waals surface area contributed by atoms with Gasteiger partial charge in [-0.1, -0.05) is 121 Å². The lowest BCUT2D eigenvalue weighted by Gasteiger charge is -2.17. The zero-order valence-corrected chi connectivity index (χ0v) is 23.8. The molecule has 1 N–H and O–H groups in total. The Morgan fingerprint density at radius 3 is 1.89 bits per heavy atom. The molecule has 0 aliphatic rings. The highest BCUT2D eigenvalue weighted by Crippen LogP contribution is 2.13. The van der Waals surface area contributed by atoms with E-state index in [-0.39, 0.29) is 6.09 Å². The van der Waals surface area contributed by atoms with E-state index >= 15 is 0 Å². The average Bonchev–Trinajstić information content (AvgIpc) is 3.38. The van der Waals surface area contributed by atoms with Crippen LogP contribution in [0.3, 0.4) is 0 Å². The van der Waals surface area contributed by atoms with Gasteiger partial charge in [0.1, 0.15) is 6.54 Å². The molecule has 0 aromatic carbocycles. The molecule has 1 atom stereocenters. The number of alkyl carbamates (subject to hydrolysis) is 1. The predicted molar refractivity (Wildman–Crippen MR) is 148 cm³/mol. The number of rotatable bonds is 25. The van der Waals surface area contributed by atoms with Gasteiger partial charge in [0.15, 0.2) is 6.20 Å². The molecule has 0 aliphatic carbocycles. The van der Waals surface area contributed by atoms with Crippen LogP contribution in [0.2, 0.25) is 0 Å². The molecule has 0 aliphatic heterocycles. The number of carbonyl (C=O) groups excluding carboxylic acids is 1. The molecule has 1 rings (SSSR count). The number of nitrogens with one attached hydrogen (secondary N) is 1. The van der Waals surface area contributed by atoms with Gasteiger partial charge in [0.05, 0.1) is 12.0 Å². The van der Waals surface area contributed by atoms with Crippen molar-refractivity contribution in [1.29, 1.82) is 0 Å². The van der Waals surface area contributed by atoms with Gasteiger partial charge in [0, 0.05) is 19.4 Å². The lowest BCUT2D eigenvalue weighted by Crippen LogP contribution is -2.31. The third-order valence-electron chi connectivity index (χ3n) is 6.51. The second kappa shape index (κ2) is 24.5. The van der Waals surface area contributed by atoms with Gasteiger partial charge in [0.25, 0.3) is 0 Å². The molecule has 1 amide bonds. The Bertz CT molecular complexity index is 568. The maximum Gasteiger partial charge on any atom is 0.409 e. The average molecular weight is 512 g/mol. The topological polar surface area (TPSA) is 51.4 Å². The Hall–Kier alpha value is -1.14. The van der Waals surface area contributed by atoms with Gasteiger partial charge in [0.2, 0.25) is 11.8 Å². The molecular weight excluding hydrogens is 456 g/mol. The fourth-order valence-corrected chi connectivity index (χ4v) is 4.89. The van der Waals surface area contributed by atoms with Crippen LogP contribution in [0.5, 0.6) is 0 Å². The zero-order valence-electron chi connectivity index (χ0n) is 22.9. The monoisotopic (exact) mass is 511 g/mol. The van der Waals surface area contributed by atoms with E-state index in [1.165, 1.54) is 96.3 Å². The molecule has 6 heteroatoms. The zero-order chi connectivity index (χ0) is 25.2. The number of thiazole rings is 1. The van der Waals surface area contributed by atoms with Gasteiger partial charge in [-0.25, -0.2) is 4.79 Å². The molecule has 1 heterocycles. The summed E-state index contributed by atoms with van der Waals surface area (Å²) in [6.07, 6.45) is 25.7. The number of aryl methyl sites for hydroxylation is 1. The van der Waals surface area contributed by atoms with Crippen LogP contribution in [-0.4, -0.2) is 25.5 Å². The van der Waals surface area contributed by atoms with Crippen molar-refractivity contribution < 1.29 is 18.8 Å². The summed E-state index contributed by atoms with van der Waals surface area (Å²) in [5.41, 5.74) is 2.11. The Labute approximate surface area is 220 Å². The van der Waals surface area contributed by atoms with Gasteiger partial charge in [-0.05, 0) is 12.8 Å². The Morgan fingerprint density at radius 2 is 1.37 bits per heavy atom. The largest absolute Gasteiger partial charge is 0.420 e. The number of ether oxygens (including phenoxy) is 2. The minimum Gasteiger partial charge on any atom is -0.420 e. The third-order valence-corrected chi connectivity index (χ3v) is 7.18. The fourth-order valence-electron chi connectivity index (χ4n) is 4.26. The third kappa shape index (κ3) is 20.7. The molecular formula is C29H55N2O3S+. The van der Waals surface area contributed by atoms with Gasteiger partial charge in [-0.3, -0.25) is 0 Å². The smallest absolute Gasteiger partial charge is 0.409 e. The van der Waals surface area contributed by atoms with Gasteiger partial charge >= 0.3 is 6.09 Å². The van der Waals surface area contributed by atoms with Gasteiger partial charge in [-0.15, -0.1) is 0 Å². The van der Waals surface area contributed by atoms with Crippen LogP contribution in [0.1, 0.15) is 136 Å². The highest BCUT2D eigenvalue weighted by atomic mass is 32.1. The van der Waals surface area contributed by atoms with Crippen molar-refractivity contribution in [2.75, 3.05) is 13.2 Å². The van der Waals surface area contributed by atoms with E-state index in [0.717, 1.165) is 25.8 Å². The van der Waals surface area contributed by atoms with Crippen LogP contribution < -0.4 is 9.88 Å². The first kappa shape index (κ1) is 31.9. The van der Waals surface area contributed by atoms with E-state index in [1.807, 2.05) is 6.92 Å². The number of hydrogen-bond donors (Lipinski definition) is 1. The predicted octanol–water partition coefficient (Wildman–Crippen LogP) is 8.56. The standard InChI is InChI=1S/C29H54N2O3S/c1-3-5-6-7-8-9-10-11-12-13-14-15-16-17-18-19-22-30-29(32)34-28(4-2)33-25-21-20-23-31-24-26-35-27-31/h24,26-28H,3-23,25H2,1-2H3/p+1. The number of hydrogen-bond acceptors (Lipinski definition) is 4. The van der Waals surface area contributed by atoms with Crippen molar-refractivity contribution in [2.45, 2.75) is 149 Å². The maximum atomic E-state index is 12.0. The van der Waals surface area contributed by atoms with E-state index in [0.29, 0.717) is 19.6 Å². The highest BCUT2D eigenvalue weighted by Gasteiger charge is 2.12. The lowest BCUT2D eigenvalue weighted by molar-refractivity contribution is -0.692. The highest BCUT2D eigenvalue weighted by molar-refractivity contribution is 7.07.